The smallest absolute Gasteiger partial charge is 0.318 e. The lowest BCUT2D eigenvalue weighted by Gasteiger charge is -2.28. The summed E-state index contributed by atoms with van der Waals surface area (Å²) in [5.41, 5.74) is 1.38. The molecule has 1 aromatic heterocycles. The van der Waals surface area contributed by atoms with Crippen LogP contribution in [0.4, 0.5) is 0 Å². The third kappa shape index (κ3) is 3.01. The lowest BCUT2D eigenvalue weighted by Crippen LogP contribution is -2.38. The van der Waals surface area contributed by atoms with Crippen LogP contribution in [0, 0.1) is 0 Å². The number of hydrogen-bond acceptors (Lipinski definition) is 5. The van der Waals surface area contributed by atoms with Crippen molar-refractivity contribution < 1.29 is 19.4 Å². The van der Waals surface area contributed by atoms with Gasteiger partial charge in [0.25, 0.3) is 0 Å². The molecule has 26 heavy (non-hydrogen) atoms. The van der Waals surface area contributed by atoms with Crippen LogP contribution in [0.3, 0.4) is 0 Å². The first-order valence-electron chi connectivity index (χ1n) is 8.69. The van der Waals surface area contributed by atoms with Crippen LogP contribution in [0.15, 0.2) is 30.6 Å². The summed E-state index contributed by atoms with van der Waals surface area (Å²) in [7, 11) is 1.94. The van der Waals surface area contributed by atoms with Crippen molar-refractivity contribution in [2.75, 3.05) is 13.2 Å². The molecule has 3 rings (SSSR count). The maximum Gasteiger partial charge on any atom is 0.318 e. The number of carbonyl (C=O) groups excluding carboxylic acids is 1. The molecule has 2 aromatic rings. The van der Waals surface area contributed by atoms with E-state index in [9.17, 15) is 9.90 Å². The number of nitrogens with zero attached hydrogens (tertiary/aromatic N) is 2. The molecular formula is C20H24N2O4. The highest BCUT2D eigenvalue weighted by Crippen LogP contribution is 2.37. The summed E-state index contributed by atoms with van der Waals surface area (Å²) in [5.74, 6) is 1.13. The van der Waals surface area contributed by atoms with Gasteiger partial charge in [-0.15, -0.1) is 0 Å². The molecule has 2 unspecified atom stereocenters. The molecular weight excluding hydrogens is 332 g/mol. The van der Waals surface area contributed by atoms with Gasteiger partial charge in [0.1, 0.15) is 23.1 Å². The molecule has 1 N–H and O–H groups in total. The van der Waals surface area contributed by atoms with Crippen LogP contribution in [0.5, 0.6) is 5.75 Å². The molecule has 0 spiro atoms. The Morgan fingerprint density at radius 1 is 1.46 bits per heavy atom. The summed E-state index contributed by atoms with van der Waals surface area (Å²) in [4.78, 5) is 16.8. The van der Waals surface area contributed by atoms with Gasteiger partial charge in [-0.3, -0.25) is 4.79 Å². The van der Waals surface area contributed by atoms with Crippen molar-refractivity contribution in [3.63, 3.8) is 0 Å². The van der Waals surface area contributed by atoms with Crippen LogP contribution in [0.2, 0.25) is 0 Å². The third-order valence-electron chi connectivity index (χ3n) is 4.82. The van der Waals surface area contributed by atoms with Crippen LogP contribution in [0.1, 0.15) is 37.7 Å². The normalized spacial score (nSPS) is 18.3. The number of carbonyl (C=O) groups is 1. The van der Waals surface area contributed by atoms with E-state index in [0.29, 0.717) is 5.56 Å². The maximum atomic E-state index is 12.4. The van der Waals surface area contributed by atoms with Crippen molar-refractivity contribution in [3.8, 4) is 5.75 Å². The molecule has 1 aliphatic rings. The largest absolute Gasteiger partial charge is 0.485 e. The number of esters is 1. The first-order chi connectivity index (χ1) is 12.4. The SMILES string of the molecule is CCOC(=O)C(C)(CO)c1ccc2c(c1)C=C(c1nccn1C)C(C)O2. The molecule has 0 radical (unpaired) electrons. The lowest BCUT2D eigenvalue weighted by atomic mass is 9.82. The van der Waals surface area contributed by atoms with E-state index in [2.05, 4.69) is 4.98 Å². The van der Waals surface area contributed by atoms with E-state index in [-0.39, 0.29) is 19.3 Å². The Labute approximate surface area is 153 Å². The number of aliphatic hydroxyl groups is 1. The average molecular weight is 356 g/mol. The van der Waals surface area contributed by atoms with Crippen LogP contribution >= 0.6 is 0 Å². The van der Waals surface area contributed by atoms with Gasteiger partial charge in [-0.05, 0) is 44.5 Å². The van der Waals surface area contributed by atoms with Gasteiger partial charge in [0, 0.05) is 30.6 Å². The van der Waals surface area contributed by atoms with E-state index in [1.54, 1.807) is 26.1 Å². The summed E-state index contributed by atoms with van der Waals surface area (Å²) in [6.45, 7) is 5.34. The van der Waals surface area contributed by atoms with Gasteiger partial charge < -0.3 is 19.1 Å². The van der Waals surface area contributed by atoms with E-state index >= 15 is 0 Å². The Balaban J connectivity index is 2.05. The summed E-state index contributed by atoms with van der Waals surface area (Å²) < 4.78 is 13.1. The number of ether oxygens (including phenoxy) is 2. The fraction of sp³-hybridized carbons (Fsp3) is 0.400. The predicted molar refractivity (Wildman–Crippen MR) is 98.7 cm³/mol. The van der Waals surface area contributed by atoms with Gasteiger partial charge in [0.15, 0.2) is 0 Å². The van der Waals surface area contributed by atoms with Crippen molar-refractivity contribution in [1.82, 2.24) is 9.55 Å². The van der Waals surface area contributed by atoms with Crippen LogP contribution < -0.4 is 4.74 Å². The van der Waals surface area contributed by atoms with Crippen LogP contribution in [-0.2, 0) is 22.0 Å². The molecule has 0 fully saturated rings. The first-order valence-corrected chi connectivity index (χ1v) is 8.69. The molecule has 138 valence electrons. The Morgan fingerprint density at radius 2 is 2.23 bits per heavy atom. The Morgan fingerprint density at radius 3 is 2.85 bits per heavy atom. The molecule has 0 saturated heterocycles. The minimum absolute atomic E-state index is 0.135. The van der Waals surface area contributed by atoms with Crippen molar-refractivity contribution in [3.05, 3.63) is 47.5 Å². The minimum atomic E-state index is -1.12. The van der Waals surface area contributed by atoms with Crippen molar-refractivity contribution in [1.29, 1.82) is 0 Å². The zero-order chi connectivity index (χ0) is 18.9. The van der Waals surface area contributed by atoms with Gasteiger partial charge in [-0.1, -0.05) is 6.07 Å². The minimum Gasteiger partial charge on any atom is -0.485 e. The van der Waals surface area contributed by atoms with E-state index in [4.69, 9.17) is 9.47 Å². The molecule has 1 aliphatic heterocycles. The van der Waals surface area contributed by atoms with E-state index in [1.165, 1.54) is 0 Å². The van der Waals surface area contributed by atoms with E-state index in [0.717, 1.165) is 22.7 Å². The number of hydrogen-bond donors (Lipinski definition) is 1. The molecule has 0 amide bonds. The van der Waals surface area contributed by atoms with Gasteiger partial charge in [0.2, 0.25) is 0 Å². The molecule has 2 heterocycles. The highest BCUT2D eigenvalue weighted by Gasteiger charge is 2.37. The molecule has 0 aliphatic carbocycles. The molecule has 0 bridgehead atoms. The van der Waals surface area contributed by atoms with Crippen molar-refractivity contribution >= 4 is 17.6 Å². The Bertz CT molecular complexity index is 855. The third-order valence-corrected chi connectivity index (χ3v) is 4.82. The molecule has 6 heteroatoms. The topological polar surface area (TPSA) is 73.6 Å². The van der Waals surface area contributed by atoms with Gasteiger partial charge in [-0.2, -0.15) is 0 Å². The molecule has 0 saturated carbocycles. The standard InChI is InChI=1S/C20H24N2O4/c1-5-25-19(24)20(3,12-23)15-6-7-17-14(10-15)11-16(13(2)26-17)18-21-8-9-22(18)4/h6-11,13,23H,5,12H2,1-4H3. The zero-order valence-electron chi connectivity index (χ0n) is 15.5. The summed E-state index contributed by atoms with van der Waals surface area (Å²) in [5, 5.41) is 9.86. The fourth-order valence-electron chi connectivity index (χ4n) is 3.10. The summed E-state index contributed by atoms with van der Waals surface area (Å²) in [6.07, 6.45) is 5.53. The predicted octanol–water partition coefficient (Wildman–Crippen LogP) is 2.55. The first kappa shape index (κ1) is 18.2. The fourth-order valence-corrected chi connectivity index (χ4v) is 3.10. The lowest BCUT2D eigenvalue weighted by molar-refractivity contribution is -0.151. The highest BCUT2D eigenvalue weighted by molar-refractivity contribution is 5.87. The summed E-state index contributed by atoms with van der Waals surface area (Å²) in [6, 6.07) is 5.51. The van der Waals surface area contributed by atoms with Crippen LogP contribution in [0.25, 0.3) is 11.6 Å². The second-order valence-electron chi connectivity index (χ2n) is 6.68. The number of aliphatic hydroxyl groups excluding tert-OH is 1. The second-order valence-corrected chi connectivity index (χ2v) is 6.68. The zero-order valence-corrected chi connectivity index (χ0v) is 15.5. The Hall–Kier alpha value is -2.60. The number of benzene rings is 1. The Kier molecular flexibility index (Phi) is 4.87. The van der Waals surface area contributed by atoms with Crippen molar-refractivity contribution in [2.24, 2.45) is 7.05 Å². The average Bonchev–Trinajstić information content (AvgIpc) is 3.06. The molecule has 1 aromatic carbocycles. The molecule has 6 nitrogen and oxygen atoms in total. The number of aryl methyl sites for hydroxylation is 1. The number of aromatic nitrogens is 2. The van der Waals surface area contributed by atoms with Gasteiger partial charge in [-0.25, -0.2) is 4.98 Å². The van der Waals surface area contributed by atoms with Crippen LogP contribution in [-0.4, -0.2) is 39.9 Å². The molecule has 2 atom stereocenters. The number of fused-ring (bicyclic) bond motifs is 1. The number of imidazole rings is 1. The number of rotatable bonds is 5. The van der Waals surface area contributed by atoms with Crippen molar-refractivity contribution in [2.45, 2.75) is 32.3 Å². The van der Waals surface area contributed by atoms with E-state index in [1.807, 2.05) is 42.9 Å². The highest BCUT2D eigenvalue weighted by atomic mass is 16.5. The second kappa shape index (κ2) is 6.96. The summed E-state index contributed by atoms with van der Waals surface area (Å²) >= 11 is 0. The quantitative estimate of drug-likeness (QED) is 0.834. The van der Waals surface area contributed by atoms with E-state index < -0.39 is 11.4 Å². The van der Waals surface area contributed by atoms with Gasteiger partial charge >= 0.3 is 5.97 Å². The van der Waals surface area contributed by atoms with Gasteiger partial charge in [0.05, 0.1) is 13.2 Å². The maximum absolute atomic E-state index is 12.4. The monoisotopic (exact) mass is 356 g/mol.